The summed E-state index contributed by atoms with van der Waals surface area (Å²) in [7, 11) is 0. The lowest BCUT2D eigenvalue weighted by Crippen LogP contribution is -2.51. The first-order valence-electron chi connectivity index (χ1n) is 7.33. The second-order valence-corrected chi connectivity index (χ2v) is 5.77. The molecule has 1 saturated carbocycles. The Morgan fingerprint density at radius 2 is 2.14 bits per heavy atom. The molecule has 0 spiro atoms. The molecule has 1 amide bonds. The van der Waals surface area contributed by atoms with Crippen LogP contribution in [0, 0.1) is 12.7 Å². The highest BCUT2D eigenvalue weighted by Gasteiger charge is 2.32. The molecule has 3 N–H and O–H groups in total. The van der Waals surface area contributed by atoms with Crippen molar-refractivity contribution in [1.82, 2.24) is 5.32 Å². The van der Waals surface area contributed by atoms with Crippen molar-refractivity contribution in [2.75, 3.05) is 0 Å². The molecule has 1 aromatic carbocycles. The Bertz CT molecular complexity index is 711. The molecular weight excluding hydrogens is 289 g/mol. The Kier molecular flexibility index (Phi) is 3.88. The van der Waals surface area contributed by atoms with Gasteiger partial charge in [0, 0.05) is 10.9 Å². The summed E-state index contributed by atoms with van der Waals surface area (Å²) >= 11 is 0. The number of nitrogens with one attached hydrogen (secondary N) is 1. The number of furan rings is 1. The fraction of sp³-hybridized carbons (Fsp3) is 0.438. The van der Waals surface area contributed by atoms with Gasteiger partial charge in [-0.15, -0.1) is 0 Å². The Balaban J connectivity index is 1.84. The van der Waals surface area contributed by atoms with Gasteiger partial charge in [-0.3, -0.25) is 4.79 Å². The number of aryl methyl sites for hydroxylation is 1. The molecule has 2 aromatic rings. The predicted octanol–water partition coefficient (Wildman–Crippen LogP) is 1.88. The number of hydrogen-bond acceptors (Lipinski definition) is 4. The van der Waals surface area contributed by atoms with Crippen LogP contribution in [0.3, 0.4) is 0 Å². The quantitative estimate of drug-likeness (QED) is 0.791. The molecule has 1 aliphatic rings. The molecule has 1 aromatic heterocycles. The smallest absolute Gasteiger partial charge is 0.287 e. The van der Waals surface area contributed by atoms with E-state index in [9.17, 15) is 19.4 Å². The average Bonchev–Trinajstić information content (AvgIpc) is 2.81. The third-order valence-electron chi connectivity index (χ3n) is 4.24. The Morgan fingerprint density at radius 3 is 2.91 bits per heavy atom. The lowest BCUT2D eigenvalue weighted by molar-refractivity contribution is -0.0279. The number of benzene rings is 1. The summed E-state index contributed by atoms with van der Waals surface area (Å²) in [6.45, 7) is 1.69. The van der Waals surface area contributed by atoms with Gasteiger partial charge < -0.3 is 19.9 Å². The van der Waals surface area contributed by atoms with E-state index in [-0.39, 0.29) is 5.76 Å². The zero-order valence-corrected chi connectivity index (χ0v) is 12.2. The Hall–Kier alpha value is -1.92. The molecule has 0 aliphatic heterocycles. The summed E-state index contributed by atoms with van der Waals surface area (Å²) in [6, 6.07) is 3.56. The fourth-order valence-corrected chi connectivity index (χ4v) is 2.96. The summed E-state index contributed by atoms with van der Waals surface area (Å²) in [5.41, 5.74) is 0.992. The van der Waals surface area contributed by atoms with E-state index in [1.807, 2.05) is 0 Å². The monoisotopic (exact) mass is 307 g/mol. The van der Waals surface area contributed by atoms with E-state index in [0.717, 1.165) is 6.42 Å². The Labute approximate surface area is 126 Å². The highest BCUT2D eigenvalue weighted by Crippen LogP contribution is 2.27. The first-order chi connectivity index (χ1) is 10.5. The lowest BCUT2D eigenvalue weighted by atomic mass is 9.90. The van der Waals surface area contributed by atoms with Crippen LogP contribution in [0.2, 0.25) is 0 Å². The zero-order chi connectivity index (χ0) is 15.9. The standard InChI is InChI=1S/C16H18FNO4/c1-8-10-7-9(17)5-6-13(10)22-15(8)16(21)18-11-3-2-4-12(19)14(11)20/h5-7,11-12,14,19-20H,2-4H2,1H3,(H,18,21)/t11-,12-,14-/m1/s1. The van der Waals surface area contributed by atoms with Crippen LogP contribution in [0.1, 0.15) is 35.4 Å². The predicted molar refractivity (Wildman–Crippen MR) is 78.0 cm³/mol. The molecule has 3 atom stereocenters. The largest absolute Gasteiger partial charge is 0.451 e. The number of halogens is 1. The number of aliphatic hydroxyl groups excluding tert-OH is 2. The van der Waals surface area contributed by atoms with E-state index in [4.69, 9.17) is 4.42 Å². The van der Waals surface area contributed by atoms with Crippen LogP contribution in [0.4, 0.5) is 4.39 Å². The molecule has 118 valence electrons. The SMILES string of the molecule is Cc1c(C(=O)N[C@@H]2CCC[C@@H](O)[C@@H]2O)oc2ccc(F)cc12. The van der Waals surface area contributed by atoms with Crippen LogP contribution < -0.4 is 5.32 Å². The molecule has 0 bridgehead atoms. The number of amides is 1. The summed E-state index contributed by atoms with van der Waals surface area (Å²) in [5.74, 6) is -0.755. The normalized spacial score (nSPS) is 25.4. The third kappa shape index (κ3) is 2.60. The van der Waals surface area contributed by atoms with Crippen molar-refractivity contribution < 1.29 is 23.8 Å². The van der Waals surface area contributed by atoms with E-state index >= 15 is 0 Å². The van der Waals surface area contributed by atoms with Crippen molar-refractivity contribution in [2.45, 2.75) is 44.4 Å². The van der Waals surface area contributed by atoms with Gasteiger partial charge >= 0.3 is 0 Å². The van der Waals surface area contributed by atoms with Crippen LogP contribution in [0.5, 0.6) is 0 Å². The van der Waals surface area contributed by atoms with E-state index in [1.54, 1.807) is 6.92 Å². The fourth-order valence-electron chi connectivity index (χ4n) is 2.96. The van der Waals surface area contributed by atoms with Crippen LogP contribution in [-0.4, -0.2) is 34.4 Å². The number of fused-ring (bicyclic) bond motifs is 1. The second-order valence-electron chi connectivity index (χ2n) is 5.77. The summed E-state index contributed by atoms with van der Waals surface area (Å²) < 4.78 is 18.8. The van der Waals surface area contributed by atoms with Gasteiger partial charge in [0.05, 0.1) is 12.1 Å². The molecule has 0 unspecified atom stereocenters. The molecule has 3 rings (SSSR count). The maximum atomic E-state index is 13.3. The van der Waals surface area contributed by atoms with E-state index < -0.39 is 30.0 Å². The van der Waals surface area contributed by atoms with Gasteiger partial charge in [-0.05, 0) is 44.4 Å². The molecule has 22 heavy (non-hydrogen) atoms. The van der Waals surface area contributed by atoms with Gasteiger partial charge in [-0.25, -0.2) is 4.39 Å². The molecule has 5 nitrogen and oxygen atoms in total. The number of carbonyl (C=O) groups excluding carboxylic acids is 1. The van der Waals surface area contributed by atoms with Crippen molar-refractivity contribution in [1.29, 1.82) is 0 Å². The van der Waals surface area contributed by atoms with Gasteiger partial charge in [-0.2, -0.15) is 0 Å². The lowest BCUT2D eigenvalue weighted by Gasteiger charge is -2.32. The van der Waals surface area contributed by atoms with Gasteiger partial charge in [0.1, 0.15) is 17.5 Å². The van der Waals surface area contributed by atoms with Crippen molar-refractivity contribution in [3.63, 3.8) is 0 Å². The minimum absolute atomic E-state index is 0.105. The average molecular weight is 307 g/mol. The van der Waals surface area contributed by atoms with E-state index in [0.29, 0.717) is 29.4 Å². The van der Waals surface area contributed by atoms with Gasteiger partial charge in [-0.1, -0.05) is 0 Å². The summed E-state index contributed by atoms with van der Waals surface area (Å²) in [6.07, 6.45) is 0.0340. The number of carbonyl (C=O) groups is 1. The van der Waals surface area contributed by atoms with Gasteiger partial charge in [0.2, 0.25) is 0 Å². The van der Waals surface area contributed by atoms with Crippen LogP contribution >= 0.6 is 0 Å². The minimum atomic E-state index is -0.986. The number of hydrogen-bond donors (Lipinski definition) is 3. The molecule has 0 saturated heterocycles. The molecule has 1 fully saturated rings. The van der Waals surface area contributed by atoms with Crippen LogP contribution in [0.15, 0.2) is 22.6 Å². The summed E-state index contributed by atoms with van der Waals surface area (Å²) in [4.78, 5) is 12.3. The highest BCUT2D eigenvalue weighted by atomic mass is 19.1. The van der Waals surface area contributed by atoms with Gasteiger partial charge in [0.15, 0.2) is 5.76 Å². The van der Waals surface area contributed by atoms with Gasteiger partial charge in [0.25, 0.3) is 5.91 Å². The number of rotatable bonds is 2. The maximum Gasteiger partial charge on any atom is 0.287 e. The van der Waals surface area contributed by atoms with Crippen LogP contribution in [-0.2, 0) is 0 Å². The van der Waals surface area contributed by atoms with Crippen molar-refractivity contribution >= 4 is 16.9 Å². The van der Waals surface area contributed by atoms with E-state index in [1.165, 1.54) is 18.2 Å². The molecule has 1 aliphatic carbocycles. The number of aliphatic hydroxyl groups is 2. The Morgan fingerprint density at radius 1 is 1.36 bits per heavy atom. The highest BCUT2D eigenvalue weighted by molar-refractivity contribution is 5.99. The van der Waals surface area contributed by atoms with Crippen molar-refractivity contribution in [3.05, 3.63) is 35.3 Å². The molecule has 0 radical (unpaired) electrons. The third-order valence-corrected chi connectivity index (χ3v) is 4.24. The minimum Gasteiger partial charge on any atom is -0.451 e. The van der Waals surface area contributed by atoms with Crippen LogP contribution in [0.25, 0.3) is 11.0 Å². The topological polar surface area (TPSA) is 82.7 Å². The summed E-state index contributed by atoms with van der Waals surface area (Å²) in [5, 5.41) is 22.8. The molecule has 1 heterocycles. The van der Waals surface area contributed by atoms with Crippen molar-refractivity contribution in [2.24, 2.45) is 0 Å². The zero-order valence-electron chi connectivity index (χ0n) is 12.2. The maximum absolute atomic E-state index is 13.3. The first kappa shape index (κ1) is 15.0. The van der Waals surface area contributed by atoms with E-state index in [2.05, 4.69) is 5.32 Å². The van der Waals surface area contributed by atoms with Crippen molar-refractivity contribution in [3.8, 4) is 0 Å². The molecule has 6 heteroatoms. The molecular formula is C16H18FNO4. The second kappa shape index (κ2) is 5.70. The first-order valence-corrected chi connectivity index (χ1v) is 7.33.